The monoisotopic (exact) mass is 412 g/mol. The van der Waals surface area contributed by atoms with Crippen LogP contribution >= 0.6 is 27.5 Å². The van der Waals surface area contributed by atoms with E-state index in [1.807, 2.05) is 30.3 Å². The Kier molecular flexibility index (Phi) is 5.47. The fraction of sp³-hybridized carbons (Fsp3) is 0.333. The summed E-state index contributed by atoms with van der Waals surface area (Å²) in [7, 11) is 0. The Morgan fingerprint density at radius 3 is 2.50 bits per heavy atom. The third-order valence-corrected chi connectivity index (χ3v) is 4.49. The highest BCUT2D eigenvalue weighted by molar-refractivity contribution is 9.10. The quantitative estimate of drug-likeness (QED) is 0.676. The number of benzene rings is 2. The molecule has 0 bridgehead atoms. The van der Waals surface area contributed by atoms with Gasteiger partial charge in [0, 0.05) is 9.50 Å². The molecule has 0 aromatic heterocycles. The number of ether oxygens (including phenoxy) is 2. The Bertz CT molecular complexity index is 699. The first-order chi connectivity index (χ1) is 11.4. The van der Waals surface area contributed by atoms with Crippen molar-refractivity contribution in [1.29, 1.82) is 0 Å². The van der Waals surface area contributed by atoms with E-state index in [0.29, 0.717) is 12.2 Å². The zero-order chi connectivity index (χ0) is 17.2. The molecule has 3 rings (SSSR count). The van der Waals surface area contributed by atoms with Crippen LogP contribution in [0.2, 0.25) is 5.02 Å². The van der Waals surface area contributed by atoms with Crippen molar-refractivity contribution >= 4 is 27.5 Å². The molecule has 2 aromatic rings. The predicted molar refractivity (Wildman–Crippen MR) is 95.2 cm³/mol. The molecule has 0 aliphatic heterocycles. The lowest BCUT2D eigenvalue weighted by molar-refractivity contribution is -0.352. The van der Waals surface area contributed by atoms with Crippen LogP contribution in [0.25, 0.3) is 0 Å². The number of rotatable bonds is 7. The molecule has 0 saturated heterocycles. The van der Waals surface area contributed by atoms with Crippen molar-refractivity contribution < 1.29 is 19.7 Å². The van der Waals surface area contributed by atoms with Crippen molar-refractivity contribution in [2.75, 3.05) is 6.61 Å². The minimum absolute atomic E-state index is 0.0686. The molecular formula is C18H18BrClO4. The van der Waals surface area contributed by atoms with Crippen LogP contribution in [0.5, 0.6) is 5.75 Å². The summed E-state index contributed by atoms with van der Waals surface area (Å²) in [6.07, 6.45) is 2.35. The first kappa shape index (κ1) is 17.7. The Balaban J connectivity index is 1.57. The van der Waals surface area contributed by atoms with Gasteiger partial charge < -0.3 is 19.7 Å². The van der Waals surface area contributed by atoms with Crippen LogP contribution in [0.15, 0.2) is 46.9 Å². The second kappa shape index (κ2) is 7.42. The molecular weight excluding hydrogens is 396 g/mol. The van der Waals surface area contributed by atoms with Gasteiger partial charge in [0.2, 0.25) is 0 Å². The van der Waals surface area contributed by atoms with E-state index in [1.165, 1.54) is 0 Å². The fourth-order valence-electron chi connectivity index (χ4n) is 2.27. The van der Waals surface area contributed by atoms with Crippen LogP contribution in [0.1, 0.15) is 24.0 Å². The maximum Gasteiger partial charge on any atom is 0.314 e. The highest BCUT2D eigenvalue weighted by Gasteiger charge is 2.35. The molecule has 24 heavy (non-hydrogen) atoms. The zero-order valence-corrected chi connectivity index (χ0v) is 15.3. The number of hydrogen-bond acceptors (Lipinski definition) is 4. The summed E-state index contributed by atoms with van der Waals surface area (Å²) in [6, 6.07) is 13.2. The molecule has 2 N–H and O–H groups in total. The molecule has 0 unspecified atom stereocenters. The highest BCUT2D eigenvalue weighted by Crippen LogP contribution is 2.28. The first-order valence-electron chi connectivity index (χ1n) is 7.69. The molecule has 0 spiro atoms. The Morgan fingerprint density at radius 2 is 1.83 bits per heavy atom. The van der Waals surface area contributed by atoms with E-state index < -0.39 is 5.97 Å². The van der Waals surface area contributed by atoms with Crippen molar-refractivity contribution in [2.24, 2.45) is 0 Å². The second-order valence-corrected chi connectivity index (χ2v) is 7.23. The Labute approximate surface area is 154 Å². The molecule has 1 aliphatic carbocycles. The first-order valence-corrected chi connectivity index (χ1v) is 8.87. The van der Waals surface area contributed by atoms with E-state index in [2.05, 4.69) is 15.9 Å². The zero-order valence-electron chi connectivity index (χ0n) is 12.9. The molecule has 0 heterocycles. The lowest BCUT2D eigenvalue weighted by Crippen LogP contribution is -2.39. The third kappa shape index (κ3) is 5.19. The van der Waals surface area contributed by atoms with Gasteiger partial charge in [0.25, 0.3) is 0 Å². The van der Waals surface area contributed by atoms with Crippen LogP contribution in [0, 0.1) is 0 Å². The molecule has 1 fully saturated rings. The van der Waals surface area contributed by atoms with Gasteiger partial charge in [-0.05, 0) is 60.7 Å². The minimum Gasteiger partial charge on any atom is -0.485 e. The van der Waals surface area contributed by atoms with Crippen molar-refractivity contribution in [2.45, 2.75) is 31.3 Å². The van der Waals surface area contributed by atoms with E-state index in [0.717, 1.165) is 33.5 Å². The van der Waals surface area contributed by atoms with E-state index in [1.54, 1.807) is 12.1 Å². The summed E-state index contributed by atoms with van der Waals surface area (Å²) in [5.74, 6) is -1.70. The summed E-state index contributed by atoms with van der Waals surface area (Å²) in [6.45, 7) is -0.333. The van der Waals surface area contributed by atoms with E-state index in [4.69, 9.17) is 21.1 Å². The topological polar surface area (TPSA) is 58.9 Å². The van der Waals surface area contributed by atoms with Gasteiger partial charge >= 0.3 is 5.97 Å². The minimum atomic E-state index is -2.25. The summed E-state index contributed by atoms with van der Waals surface area (Å²) in [5, 5.41) is 20.1. The van der Waals surface area contributed by atoms with Gasteiger partial charge in [0.1, 0.15) is 5.75 Å². The lowest BCUT2D eigenvalue weighted by Gasteiger charge is -2.21. The molecule has 6 heteroatoms. The third-order valence-electron chi connectivity index (χ3n) is 3.63. The van der Waals surface area contributed by atoms with Crippen molar-refractivity contribution in [1.82, 2.24) is 0 Å². The summed E-state index contributed by atoms with van der Waals surface area (Å²) in [5.41, 5.74) is 2.11. The molecule has 0 amide bonds. The number of halogens is 2. The van der Waals surface area contributed by atoms with Gasteiger partial charge in [-0.3, -0.25) is 0 Å². The molecule has 128 valence electrons. The highest BCUT2D eigenvalue weighted by atomic mass is 79.9. The van der Waals surface area contributed by atoms with Gasteiger partial charge in [0.15, 0.2) is 6.61 Å². The standard InChI is InChI=1S/C18H18BrClO4/c19-14-3-8-17(20)13(10-14)9-12-1-4-15(5-2-12)23-11-18(21,22)24-16-6-7-16/h1-5,8,10,16,21-22H,6-7,9,11H2. The predicted octanol–water partition coefficient (Wildman–Crippen LogP) is 3.89. The normalized spacial score (nSPS) is 14.7. The molecule has 0 radical (unpaired) electrons. The van der Waals surface area contributed by atoms with Gasteiger partial charge in [0.05, 0.1) is 6.10 Å². The summed E-state index contributed by atoms with van der Waals surface area (Å²) in [4.78, 5) is 0. The van der Waals surface area contributed by atoms with Crippen LogP contribution in [0.4, 0.5) is 0 Å². The molecule has 2 aromatic carbocycles. The summed E-state index contributed by atoms with van der Waals surface area (Å²) < 4.78 is 11.4. The largest absolute Gasteiger partial charge is 0.485 e. The number of hydrogen-bond donors (Lipinski definition) is 2. The van der Waals surface area contributed by atoms with Crippen molar-refractivity contribution in [3.63, 3.8) is 0 Å². The molecule has 0 atom stereocenters. The summed E-state index contributed by atoms with van der Waals surface area (Å²) >= 11 is 9.65. The Hall–Kier alpha value is -1.11. The number of aliphatic hydroxyl groups is 2. The van der Waals surface area contributed by atoms with Gasteiger partial charge in [-0.25, -0.2) is 0 Å². The average Bonchev–Trinajstić information content (AvgIpc) is 3.34. The molecule has 1 aliphatic rings. The maximum atomic E-state index is 9.68. The van der Waals surface area contributed by atoms with E-state index in [-0.39, 0.29) is 12.7 Å². The van der Waals surface area contributed by atoms with Gasteiger partial charge in [-0.1, -0.05) is 39.7 Å². The lowest BCUT2D eigenvalue weighted by atomic mass is 10.1. The van der Waals surface area contributed by atoms with Gasteiger partial charge in [-0.15, -0.1) is 0 Å². The fourth-order valence-corrected chi connectivity index (χ4v) is 2.86. The van der Waals surface area contributed by atoms with Gasteiger partial charge in [-0.2, -0.15) is 0 Å². The van der Waals surface area contributed by atoms with Crippen molar-refractivity contribution in [3.8, 4) is 5.75 Å². The van der Waals surface area contributed by atoms with E-state index in [9.17, 15) is 10.2 Å². The van der Waals surface area contributed by atoms with E-state index >= 15 is 0 Å². The van der Waals surface area contributed by atoms with Crippen LogP contribution in [-0.4, -0.2) is 28.9 Å². The smallest absolute Gasteiger partial charge is 0.314 e. The second-order valence-electron chi connectivity index (χ2n) is 5.91. The Morgan fingerprint density at radius 1 is 1.12 bits per heavy atom. The maximum absolute atomic E-state index is 9.68. The van der Waals surface area contributed by atoms with Crippen molar-refractivity contribution in [3.05, 3.63) is 63.1 Å². The van der Waals surface area contributed by atoms with Crippen LogP contribution < -0.4 is 4.74 Å². The average molecular weight is 414 g/mol. The van der Waals surface area contributed by atoms with Crippen LogP contribution in [-0.2, 0) is 11.2 Å². The molecule has 1 saturated carbocycles. The van der Waals surface area contributed by atoms with Crippen LogP contribution in [0.3, 0.4) is 0 Å². The molecule has 4 nitrogen and oxygen atoms in total. The SMILES string of the molecule is OC(O)(COc1ccc(Cc2cc(Br)ccc2Cl)cc1)OC1CC1.